The van der Waals surface area contributed by atoms with Gasteiger partial charge in [-0.1, -0.05) is 0 Å². The number of aliphatic hydroxyl groups excluding tert-OH is 1. The van der Waals surface area contributed by atoms with Gasteiger partial charge in [0.05, 0.1) is 6.61 Å². The van der Waals surface area contributed by atoms with Crippen molar-refractivity contribution in [3.8, 4) is 0 Å². The molecule has 0 bridgehead atoms. The molecule has 1 fully saturated rings. The van der Waals surface area contributed by atoms with Crippen molar-refractivity contribution in [1.82, 2.24) is 0 Å². The van der Waals surface area contributed by atoms with Gasteiger partial charge in [0, 0.05) is 33.4 Å². The van der Waals surface area contributed by atoms with Gasteiger partial charge in [-0.3, -0.25) is 19.2 Å². The minimum absolute atomic E-state index is 0.169. The number of ether oxygens (including phenoxy) is 5. The molecule has 0 saturated carbocycles. The maximum absolute atomic E-state index is 11.6. The van der Waals surface area contributed by atoms with Gasteiger partial charge in [-0.05, 0) is 0 Å². The molecular formula is C16H24O10S. The van der Waals surface area contributed by atoms with Gasteiger partial charge in [-0.2, -0.15) is 0 Å². The van der Waals surface area contributed by atoms with Crippen LogP contribution >= 0.6 is 11.8 Å². The summed E-state index contributed by atoms with van der Waals surface area (Å²) in [5.74, 6) is -2.36. The van der Waals surface area contributed by atoms with Crippen LogP contribution in [-0.4, -0.2) is 77.8 Å². The summed E-state index contributed by atoms with van der Waals surface area (Å²) in [5.41, 5.74) is -0.849. The second-order valence-electron chi connectivity index (χ2n) is 5.66. The summed E-state index contributed by atoms with van der Waals surface area (Å²) in [7, 11) is 0. The largest absolute Gasteiger partial charge is 0.463 e. The van der Waals surface area contributed by atoms with Crippen LogP contribution in [0.1, 0.15) is 27.7 Å². The monoisotopic (exact) mass is 408 g/mol. The molecule has 1 N–H and O–H groups in total. The van der Waals surface area contributed by atoms with E-state index in [1.54, 1.807) is 0 Å². The predicted molar refractivity (Wildman–Crippen MR) is 91.5 cm³/mol. The van der Waals surface area contributed by atoms with Crippen LogP contribution in [0.2, 0.25) is 0 Å². The molecule has 1 heterocycles. The molecule has 1 aliphatic rings. The highest BCUT2D eigenvalue weighted by Crippen LogP contribution is 2.34. The lowest BCUT2D eigenvalue weighted by atomic mass is 9.99. The van der Waals surface area contributed by atoms with Crippen molar-refractivity contribution < 1.29 is 48.0 Å². The van der Waals surface area contributed by atoms with Crippen LogP contribution in [0.15, 0.2) is 0 Å². The Kier molecular flexibility index (Phi) is 9.53. The Morgan fingerprint density at radius 2 is 1.37 bits per heavy atom. The number of aliphatic hydroxyl groups is 1. The fraction of sp³-hybridized carbons (Fsp3) is 0.750. The summed E-state index contributed by atoms with van der Waals surface area (Å²) in [5, 5.41) is 9.08. The minimum atomic E-state index is -1.18. The highest BCUT2D eigenvalue weighted by atomic mass is 32.2. The number of carbonyl (C=O) groups excluding carboxylic acids is 4. The number of hydrogen-bond acceptors (Lipinski definition) is 11. The van der Waals surface area contributed by atoms with Crippen molar-refractivity contribution in [2.24, 2.45) is 0 Å². The summed E-state index contributed by atoms with van der Waals surface area (Å²) in [6, 6.07) is 0. The zero-order valence-corrected chi connectivity index (χ0v) is 16.4. The van der Waals surface area contributed by atoms with Gasteiger partial charge < -0.3 is 28.8 Å². The SMILES string of the molecule is CC(=O)OC[C@H]1O[C@@H](SCCO)[C@H](OC(C)=O)[C@@H](OC(C)=O)[C@@H]1OC(C)=O. The third-order valence-corrected chi connectivity index (χ3v) is 4.45. The van der Waals surface area contributed by atoms with E-state index in [1.807, 2.05) is 0 Å². The Balaban J connectivity index is 3.22. The average molecular weight is 408 g/mol. The summed E-state index contributed by atoms with van der Waals surface area (Å²) in [6.45, 7) is 4.24. The van der Waals surface area contributed by atoms with Crippen LogP contribution in [0.5, 0.6) is 0 Å². The first-order chi connectivity index (χ1) is 12.6. The van der Waals surface area contributed by atoms with Crippen LogP contribution < -0.4 is 0 Å². The molecule has 0 unspecified atom stereocenters. The zero-order valence-electron chi connectivity index (χ0n) is 15.5. The van der Waals surface area contributed by atoms with Crippen LogP contribution in [0.25, 0.3) is 0 Å². The highest BCUT2D eigenvalue weighted by molar-refractivity contribution is 7.99. The van der Waals surface area contributed by atoms with E-state index in [4.69, 9.17) is 28.8 Å². The van der Waals surface area contributed by atoms with Crippen molar-refractivity contribution in [3.63, 3.8) is 0 Å². The maximum atomic E-state index is 11.6. The lowest BCUT2D eigenvalue weighted by Crippen LogP contribution is -2.61. The van der Waals surface area contributed by atoms with Gasteiger partial charge in [0.25, 0.3) is 0 Å². The summed E-state index contributed by atoms with van der Waals surface area (Å²) in [4.78, 5) is 45.8. The second-order valence-corrected chi connectivity index (χ2v) is 6.87. The van der Waals surface area contributed by atoms with E-state index in [9.17, 15) is 19.2 Å². The molecule has 0 aromatic rings. The molecule has 1 rings (SSSR count). The van der Waals surface area contributed by atoms with Gasteiger partial charge >= 0.3 is 23.9 Å². The molecule has 11 heteroatoms. The van der Waals surface area contributed by atoms with Crippen LogP contribution in [-0.2, 0) is 42.9 Å². The van der Waals surface area contributed by atoms with Gasteiger partial charge in [0.15, 0.2) is 18.3 Å². The third kappa shape index (κ3) is 7.73. The van der Waals surface area contributed by atoms with Gasteiger partial charge in [0.2, 0.25) is 0 Å². The van der Waals surface area contributed by atoms with Gasteiger partial charge in [-0.15, -0.1) is 11.8 Å². The van der Waals surface area contributed by atoms with Crippen molar-refractivity contribution >= 4 is 35.6 Å². The standard InChI is InChI=1S/C16H24O10S/c1-8(18)22-7-12-13(23-9(2)19)14(24-10(3)20)15(25-11(4)21)16(26-12)27-6-5-17/h12-17H,5-7H2,1-4H3/t12-,13-,14+,15-,16+/m1/s1. The normalized spacial score (nSPS) is 27.4. The van der Waals surface area contributed by atoms with Crippen molar-refractivity contribution in [3.05, 3.63) is 0 Å². The predicted octanol–water partition coefficient (Wildman–Crippen LogP) is -0.205. The summed E-state index contributed by atoms with van der Waals surface area (Å²) in [6.07, 6.45) is -4.41. The summed E-state index contributed by atoms with van der Waals surface area (Å²) < 4.78 is 26.5. The topological polar surface area (TPSA) is 135 Å². The Labute approximate surface area is 160 Å². The summed E-state index contributed by atoms with van der Waals surface area (Å²) >= 11 is 1.12. The Hall–Kier alpha value is -1.85. The van der Waals surface area contributed by atoms with Crippen molar-refractivity contribution in [2.45, 2.75) is 57.5 Å². The van der Waals surface area contributed by atoms with Crippen LogP contribution in [0.4, 0.5) is 0 Å². The van der Waals surface area contributed by atoms with E-state index < -0.39 is 53.7 Å². The molecule has 5 atom stereocenters. The molecule has 0 aromatic carbocycles. The third-order valence-electron chi connectivity index (χ3n) is 3.32. The van der Waals surface area contributed by atoms with E-state index in [1.165, 1.54) is 13.8 Å². The molecule has 1 saturated heterocycles. The molecule has 1 aliphatic heterocycles. The first-order valence-electron chi connectivity index (χ1n) is 8.18. The van der Waals surface area contributed by atoms with E-state index in [2.05, 4.69) is 0 Å². The molecular weight excluding hydrogens is 384 g/mol. The zero-order chi connectivity index (χ0) is 20.6. The molecule has 154 valence electrons. The average Bonchev–Trinajstić information content (AvgIpc) is 2.54. The van der Waals surface area contributed by atoms with Crippen LogP contribution in [0, 0.1) is 0 Å². The molecule has 0 radical (unpaired) electrons. The Morgan fingerprint density at radius 3 is 1.85 bits per heavy atom. The van der Waals surface area contributed by atoms with E-state index in [-0.39, 0.29) is 19.0 Å². The van der Waals surface area contributed by atoms with Crippen LogP contribution in [0.3, 0.4) is 0 Å². The first-order valence-corrected chi connectivity index (χ1v) is 9.23. The quantitative estimate of drug-likeness (QED) is 0.422. The Bertz CT molecular complexity index is 551. The highest BCUT2D eigenvalue weighted by Gasteiger charge is 2.52. The molecule has 0 amide bonds. The van der Waals surface area contributed by atoms with E-state index in [0.717, 1.165) is 25.6 Å². The fourth-order valence-corrected chi connectivity index (χ4v) is 3.45. The first kappa shape index (κ1) is 23.2. The molecule has 27 heavy (non-hydrogen) atoms. The lowest BCUT2D eigenvalue weighted by molar-refractivity contribution is -0.237. The number of rotatable bonds is 8. The van der Waals surface area contributed by atoms with Crippen molar-refractivity contribution in [1.29, 1.82) is 0 Å². The van der Waals surface area contributed by atoms with E-state index in [0.29, 0.717) is 0 Å². The second kappa shape index (κ2) is 11.1. The lowest BCUT2D eigenvalue weighted by Gasteiger charge is -2.44. The van der Waals surface area contributed by atoms with Crippen molar-refractivity contribution in [2.75, 3.05) is 19.0 Å². The number of hydrogen-bond donors (Lipinski definition) is 1. The molecule has 0 aromatic heterocycles. The molecule has 0 aliphatic carbocycles. The number of thioether (sulfide) groups is 1. The molecule has 0 spiro atoms. The van der Waals surface area contributed by atoms with E-state index >= 15 is 0 Å². The minimum Gasteiger partial charge on any atom is -0.463 e. The molecule has 10 nitrogen and oxygen atoms in total. The van der Waals surface area contributed by atoms with Gasteiger partial charge in [-0.25, -0.2) is 0 Å². The maximum Gasteiger partial charge on any atom is 0.303 e. The fourth-order valence-electron chi connectivity index (χ4n) is 2.49. The number of carbonyl (C=O) groups is 4. The number of esters is 4. The van der Waals surface area contributed by atoms with Gasteiger partial charge in [0.1, 0.15) is 18.1 Å². The smallest absolute Gasteiger partial charge is 0.303 e. The Morgan fingerprint density at radius 1 is 0.852 bits per heavy atom.